The van der Waals surface area contributed by atoms with Crippen molar-refractivity contribution in [3.63, 3.8) is 0 Å². The molecule has 0 bridgehead atoms. The maximum atomic E-state index is 4.54. The molecular formula is C15H19N3. The predicted octanol–water partition coefficient (Wildman–Crippen LogP) is 3.48. The molecule has 18 heavy (non-hydrogen) atoms. The number of anilines is 1. The Labute approximate surface area is 108 Å². The van der Waals surface area contributed by atoms with Gasteiger partial charge in [0, 0.05) is 18.1 Å². The smallest absolute Gasteiger partial charge is 0.223 e. The van der Waals surface area contributed by atoms with Gasteiger partial charge in [0.15, 0.2) is 0 Å². The van der Waals surface area contributed by atoms with E-state index >= 15 is 0 Å². The topological polar surface area (TPSA) is 37.8 Å². The maximum absolute atomic E-state index is 4.54. The molecule has 94 valence electrons. The van der Waals surface area contributed by atoms with Crippen LogP contribution in [0.25, 0.3) is 10.9 Å². The minimum Gasteiger partial charge on any atom is -0.354 e. The molecule has 1 heterocycles. The third-order valence-corrected chi connectivity index (χ3v) is 4.20. The minimum absolute atomic E-state index is 0.481. The van der Waals surface area contributed by atoms with Gasteiger partial charge in [0.1, 0.15) is 0 Å². The van der Waals surface area contributed by atoms with Crippen molar-refractivity contribution in [2.75, 3.05) is 11.9 Å². The van der Waals surface area contributed by atoms with Crippen molar-refractivity contribution in [2.45, 2.75) is 26.7 Å². The van der Waals surface area contributed by atoms with E-state index in [4.69, 9.17) is 0 Å². The molecule has 1 aliphatic rings. The summed E-state index contributed by atoms with van der Waals surface area (Å²) in [4.78, 5) is 8.92. The van der Waals surface area contributed by atoms with Gasteiger partial charge in [0.25, 0.3) is 0 Å². The lowest BCUT2D eigenvalue weighted by atomic mass is 9.92. The highest BCUT2D eigenvalue weighted by Gasteiger charge is 2.45. The lowest BCUT2D eigenvalue weighted by Crippen LogP contribution is -2.21. The summed E-state index contributed by atoms with van der Waals surface area (Å²) >= 11 is 0. The van der Waals surface area contributed by atoms with Crippen molar-refractivity contribution in [3.05, 3.63) is 30.5 Å². The monoisotopic (exact) mass is 241 g/mol. The third-order valence-electron chi connectivity index (χ3n) is 4.20. The molecule has 0 spiro atoms. The summed E-state index contributed by atoms with van der Waals surface area (Å²) in [5.74, 6) is 1.48. The van der Waals surface area contributed by atoms with Gasteiger partial charge in [-0.3, -0.25) is 0 Å². The highest BCUT2D eigenvalue weighted by atomic mass is 15.1. The molecule has 1 saturated carbocycles. The first-order valence-electron chi connectivity index (χ1n) is 6.65. The Kier molecular flexibility index (Phi) is 2.69. The first kappa shape index (κ1) is 11.5. The first-order valence-corrected chi connectivity index (χ1v) is 6.65. The molecule has 1 fully saturated rings. The van der Waals surface area contributed by atoms with Gasteiger partial charge in [-0.05, 0) is 30.2 Å². The highest BCUT2D eigenvalue weighted by molar-refractivity contribution is 5.78. The quantitative estimate of drug-likeness (QED) is 0.890. The fourth-order valence-corrected chi connectivity index (χ4v) is 2.43. The van der Waals surface area contributed by atoms with E-state index in [0.29, 0.717) is 5.41 Å². The average Bonchev–Trinajstić information content (AvgIpc) is 3.17. The van der Waals surface area contributed by atoms with Crippen LogP contribution in [0.5, 0.6) is 0 Å². The molecule has 3 rings (SSSR count). The van der Waals surface area contributed by atoms with Gasteiger partial charge in [0.2, 0.25) is 5.95 Å². The van der Waals surface area contributed by atoms with Gasteiger partial charge in [-0.2, -0.15) is 0 Å². The van der Waals surface area contributed by atoms with Crippen LogP contribution in [0.1, 0.15) is 26.7 Å². The number of hydrogen-bond donors (Lipinski definition) is 1. The number of fused-ring (bicyclic) bond motifs is 1. The lowest BCUT2D eigenvalue weighted by Gasteiger charge is -2.19. The molecular weight excluding hydrogens is 222 g/mol. The highest BCUT2D eigenvalue weighted by Crippen LogP contribution is 2.51. The summed E-state index contributed by atoms with van der Waals surface area (Å²) in [6, 6.07) is 8.08. The summed E-state index contributed by atoms with van der Waals surface area (Å²) in [6.07, 6.45) is 4.54. The Balaban J connectivity index is 1.75. The van der Waals surface area contributed by atoms with E-state index in [1.165, 1.54) is 12.8 Å². The van der Waals surface area contributed by atoms with Crippen molar-refractivity contribution in [3.8, 4) is 0 Å². The van der Waals surface area contributed by atoms with Gasteiger partial charge >= 0.3 is 0 Å². The van der Waals surface area contributed by atoms with Crippen LogP contribution < -0.4 is 5.32 Å². The fraction of sp³-hybridized carbons (Fsp3) is 0.467. The maximum Gasteiger partial charge on any atom is 0.223 e. The van der Waals surface area contributed by atoms with Gasteiger partial charge in [-0.1, -0.05) is 32.0 Å². The van der Waals surface area contributed by atoms with Crippen molar-refractivity contribution < 1.29 is 0 Å². The van der Waals surface area contributed by atoms with Crippen LogP contribution in [-0.2, 0) is 0 Å². The zero-order chi connectivity index (χ0) is 12.6. The number of rotatable bonds is 4. The molecule has 3 nitrogen and oxygen atoms in total. The van der Waals surface area contributed by atoms with Gasteiger partial charge in [-0.15, -0.1) is 0 Å². The number of nitrogens with one attached hydrogen (secondary N) is 1. The Hall–Kier alpha value is -1.64. The van der Waals surface area contributed by atoms with Gasteiger partial charge in [-0.25, -0.2) is 9.97 Å². The largest absolute Gasteiger partial charge is 0.354 e. The predicted molar refractivity (Wildman–Crippen MR) is 74.5 cm³/mol. The van der Waals surface area contributed by atoms with Crippen LogP contribution in [0.3, 0.4) is 0 Å². The van der Waals surface area contributed by atoms with Crippen molar-refractivity contribution in [1.29, 1.82) is 0 Å². The molecule has 0 amide bonds. The lowest BCUT2D eigenvalue weighted by molar-refractivity contribution is 0.379. The molecule has 2 aromatic rings. The summed E-state index contributed by atoms with van der Waals surface area (Å²) in [5.41, 5.74) is 1.49. The summed E-state index contributed by atoms with van der Waals surface area (Å²) in [6.45, 7) is 5.59. The molecule has 0 radical (unpaired) electrons. The molecule has 0 saturated heterocycles. The van der Waals surface area contributed by atoms with Gasteiger partial charge in [0.05, 0.1) is 5.52 Å². The Morgan fingerprint density at radius 2 is 2.06 bits per heavy atom. The van der Waals surface area contributed by atoms with Crippen LogP contribution in [0.15, 0.2) is 30.5 Å². The average molecular weight is 241 g/mol. The number of para-hydroxylation sites is 1. The van der Waals surface area contributed by atoms with Crippen LogP contribution in [0.4, 0.5) is 5.95 Å². The van der Waals surface area contributed by atoms with Crippen molar-refractivity contribution >= 4 is 16.9 Å². The van der Waals surface area contributed by atoms with Crippen LogP contribution >= 0.6 is 0 Å². The molecule has 1 N–H and O–H groups in total. The van der Waals surface area contributed by atoms with Crippen molar-refractivity contribution in [2.24, 2.45) is 11.3 Å². The second-order valence-corrected chi connectivity index (χ2v) is 5.62. The molecule has 0 atom stereocenters. The Morgan fingerprint density at radius 1 is 1.28 bits per heavy atom. The standard InChI is InChI=1S/C15H19N3/c1-11(2)15(7-8-15)10-17-14-16-9-12-5-3-4-6-13(12)18-14/h3-6,9,11H,7-8,10H2,1-2H3,(H,16,17,18). The van der Waals surface area contributed by atoms with Crippen LogP contribution in [0.2, 0.25) is 0 Å². The van der Waals surface area contributed by atoms with E-state index in [1.807, 2.05) is 30.5 Å². The number of benzene rings is 1. The van der Waals surface area contributed by atoms with E-state index in [0.717, 1.165) is 29.3 Å². The summed E-state index contributed by atoms with van der Waals surface area (Å²) in [5, 5.41) is 4.49. The second-order valence-electron chi connectivity index (χ2n) is 5.62. The number of nitrogens with zero attached hydrogens (tertiary/aromatic N) is 2. The van der Waals surface area contributed by atoms with Crippen LogP contribution in [0, 0.1) is 11.3 Å². The molecule has 1 aliphatic carbocycles. The second kappa shape index (κ2) is 4.23. The van der Waals surface area contributed by atoms with E-state index in [2.05, 4.69) is 29.1 Å². The SMILES string of the molecule is CC(C)C1(CNc2ncc3ccccc3n2)CC1. The van der Waals surface area contributed by atoms with E-state index in [-0.39, 0.29) is 0 Å². The van der Waals surface area contributed by atoms with Crippen molar-refractivity contribution in [1.82, 2.24) is 9.97 Å². The first-order chi connectivity index (χ1) is 8.70. The van der Waals surface area contributed by atoms with E-state index < -0.39 is 0 Å². The molecule has 1 aromatic carbocycles. The Bertz CT molecular complexity index is 558. The summed E-state index contributed by atoms with van der Waals surface area (Å²) in [7, 11) is 0. The molecule has 0 unspecified atom stereocenters. The normalized spacial score (nSPS) is 17.1. The third kappa shape index (κ3) is 2.05. The van der Waals surface area contributed by atoms with E-state index in [1.54, 1.807) is 0 Å². The summed E-state index contributed by atoms with van der Waals surface area (Å²) < 4.78 is 0. The molecule has 0 aliphatic heterocycles. The Morgan fingerprint density at radius 3 is 2.78 bits per heavy atom. The molecule has 1 aromatic heterocycles. The van der Waals surface area contributed by atoms with Gasteiger partial charge < -0.3 is 5.32 Å². The molecule has 3 heteroatoms. The van der Waals surface area contributed by atoms with E-state index in [9.17, 15) is 0 Å². The zero-order valence-electron chi connectivity index (χ0n) is 11.0. The zero-order valence-corrected chi connectivity index (χ0v) is 11.0. The number of aromatic nitrogens is 2. The van der Waals surface area contributed by atoms with Crippen LogP contribution in [-0.4, -0.2) is 16.5 Å². The number of hydrogen-bond acceptors (Lipinski definition) is 3. The fourth-order valence-electron chi connectivity index (χ4n) is 2.43. The minimum atomic E-state index is 0.481.